The maximum absolute atomic E-state index is 12.9. The first-order valence-electron chi connectivity index (χ1n) is 10.7. The SMILES string of the molecule is O=C1CCC(N2Cc3ccc(CNC4CCC5(CC4)CNC5)cc3C2=O)C(=O)N1. The summed E-state index contributed by atoms with van der Waals surface area (Å²) < 4.78 is 0. The molecule has 1 aliphatic carbocycles. The van der Waals surface area contributed by atoms with Gasteiger partial charge in [-0.15, -0.1) is 0 Å². The van der Waals surface area contributed by atoms with Crippen molar-refractivity contribution in [1.82, 2.24) is 20.9 Å². The minimum atomic E-state index is -0.551. The third kappa shape index (κ3) is 3.46. The summed E-state index contributed by atoms with van der Waals surface area (Å²) in [6.45, 7) is 3.55. The van der Waals surface area contributed by atoms with Crippen LogP contribution in [0.4, 0.5) is 0 Å². The zero-order valence-corrected chi connectivity index (χ0v) is 16.6. The van der Waals surface area contributed by atoms with Crippen molar-refractivity contribution in [3.05, 3.63) is 34.9 Å². The largest absolute Gasteiger partial charge is 0.322 e. The van der Waals surface area contributed by atoms with Gasteiger partial charge >= 0.3 is 0 Å². The summed E-state index contributed by atoms with van der Waals surface area (Å²) >= 11 is 0. The van der Waals surface area contributed by atoms with E-state index in [9.17, 15) is 14.4 Å². The number of amides is 3. The fourth-order valence-electron chi connectivity index (χ4n) is 5.24. The topological polar surface area (TPSA) is 90.5 Å². The molecule has 3 fully saturated rings. The highest BCUT2D eigenvalue weighted by Gasteiger charge is 2.40. The molecule has 1 atom stereocenters. The van der Waals surface area contributed by atoms with E-state index in [-0.39, 0.29) is 24.1 Å². The molecule has 7 nitrogen and oxygen atoms in total. The van der Waals surface area contributed by atoms with Crippen molar-refractivity contribution in [2.75, 3.05) is 13.1 Å². The fourth-order valence-corrected chi connectivity index (χ4v) is 5.24. The van der Waals surface area contributed by atoms with Gasteiger partial charge in [0.2, 0.25) is 11.8 Å². The number of imide groups is 1. The second-order valence-corrected chi connectivity index (χ2v) is 9.15. The third-order valence-corrected chi connectivity index (χ3v) is 7.23. The van der Waals surface area contributed by atoms with Gasteiger partial charge in [0.1, 0.15) is 6.04 Å². The zero-order chi connectivity index (χ0) is 20.0. The van der Waals surface area contributed by atoms with E-state index in [1.807, 2.05) is 12.1 Å². The Hall–Kier alpha value is -2.25. The van der Waals surface area contributed by atoms with E-state index < -0.39 is 6.04 Å². The smallest absolute Gasteiger partial charge is 0.255 e. The number of benzene rings is 1. The highest BCUT2D eigenvalue weighted by Crippen LogP contribution is 2.39. The first-order chi connectivity index (χ1) is 14.0. The van der Waals surface area contributed by atoms with Gasteiger partial charge < -0.3 is 15.5 Å². The van der Waals surface area contributed by atoms with E-state index in [1.165, 1.54) is 38.8 Å². The summed E-state index contributed by atoms with van der Waals surface area (Å²) in [6, 6.07) is 6.05. The molecule has 0 bridgehead atoms. The number of hydrogen-bond donors (Lipinski definition) is 3. The van der Waals surface area contributed by atoms with E-state index in [4.69, 9.17) is 0 Å². The average Bonchev–Trinajstić information content (AvgIpc) is 3.02. The Kier molecular flexibility index (Phi) is 4.67. The predicted molar refractivity (Wildman–Crippen MR) is 107 cm³/mol. The molecule has 3 aliphatic heterocycles. The molecule has 154 valence electrons. The number of rotatable bonds is 4. The minimum Gasteiger partial charge on any atom is -0.322 e. The van der Waals surface area contributed by atoms with Crippen LogP contribution in [0.2, 0.25) is 0 Å². The van der Waals surface area contributed by atoms with E-state index in [2.05, 4.69) is 22.0 Å². The molecule has 3 heterocycles. The molecule has 2 saturated heterocycles. The monoisotopic (exact) mass is 396 g/mol. The maximum Gasteiger partial charge on any atom is 0.255 e. The summed E-state index contributed by atoms with van der Waals surface area (Å²) in [7, 11) is 0. The molecule has 1 aromatic rings. The summed E-state index contributed by atoms with van der Waals surface area (Å²) in [4.78, 5) is 38.1. The third-order valence-electron chi connectivity index (χ3n) is 7.23. The molecule has 1 saturated carbocycles. The first-order valence-corrected chi connectivity index (χ1v) is 10.7. The maximum atomic E-state index is 12.9. The van der Waals surface area contributed by atoms with E-state index in [1.54, 1.807) is 4.90 Å². The van der Waals surface area contributed by atoms with Crippen molar-refractivity contribution in [2.45, 2.75) is 63.7 Å². The van der Waals surface area contributed by atoms with Crippen molar-refractivity contribution in [2.24, 2.45) is 5.41 Å². The molecule has 1 aromatic carbocycles. The van der Waals surface area contributed by atoms with Crippen molar-refractivity contribution in [1.29, 1.82) is 0 Å². The van der Waals surface area contributed by atoms with Crippen LogP contribution in [0.25, 0.3) is 0 Å². The predicted octanol–water partition coefficient (Wildman–Crippen LogP) is 1.07. The number of hydrogen-bond acceptors (Lipinski definition) is 5. The number of carbonyl (C=O) groups is 3. The summed E-state index contributed by atoms with van der Waals surface area (Å²) in [5.74, 6) is -0.722. The lowest BCUT2D eigenvalue weighted by molar-refractivity contribution is -0.136. The summed E-state index contributed by atoms with van der Waals surface area (Å²) in [5.41, 5.74) is 3.32. The van der Waals surface area contributed by atoms with Crippen molar-refractivity contribution in [3.63, 3.8) is 0 Å². The number of piperidine rings is 1. The lowest BCUT2D eigenvalue weighted by Gasteiger charge is -2.47. The lowest BCUT2D eigenvalue weighted by Crippen LogP contribution is -2.56. The van der Waals surface area contributed by atoms with Gasteiger partial charge in [-0.25, -0.2) is 0 Å². The Morgan fingerprint density at radius 2 is 1.90 bits per heavy atom. The average molecular weight is 396 g/mol. The van der Waals surface area contributed by atoms with Crippen LogP contribution in [-0.2, 0) is 22.7 Å². The quantitative estimate of drug-likeness (QED) is 0.663. The molecule has 0 aromatic heterocycles. The van der Waals surface area contributed by atoms with Crippen molar-refractivity contribution in [3.8, 4) is 0 Å². The normalized spacial score (nSPS) is 26.4. The van der Waals surface area contributed by atoms with E-state index in [0.29, 0.717) is 30.0 Å². The molecule has 4 aliphatic rings. The van der Waals surface area contributed by atoms with Gasteiger partial charge in [0.15, 0.2) is 0 Å². The Balaban J connectivity index is 1.20. The number of nitrogens with zero attached hydrogens (tertiary/aromatic N) is 1. The van der Waals surface area contributed by atoms with E-state index >= 15 is 0 Å². The summed E-state index contributed by atoms with van der Waals surface area (Å²) in [6.07, 6.45) is 5.70. The van der Waals surface area contributed by atoms with Crippen LogP contribution in [-0.4, -0.2) is 47.8 Å². The number of fused-ring (bicyclic) bond motifs is 1. The number of carbonyl (C=O) groups excluding carboxylic acids is 3. The van der Waals surface area contributed by atoms with Crippen LogP contribution in [0.5, 0.6) is 0 Å². The van der Waals surface area contributed by atoms with Crippen LogP contribution in [0.1, 0.15) is 60.0 Å². The van der Waals surface area contributed by atoms with Gasteiger partial charge in [0, 0.05) is 44.2 Å². The summed E-state index contributed by atoms with van der Waals surface area (Å²) in [5, 5.41) is 9.43. The second kappa shape index (κ2) is 7.22. The molecular formula is C22H28N4O3. The molecule has 1 unspecified atom stereocenters. The Morgan fingerprint density at radius 1 is 1.10 bits per heavy atom. The van der Waals surface area contributed by atoms with Crippen LogP contribution in [0.15, 0.2) is 18.2 Å². The lowest BCUT2D eigenvalue weighted by atomic mass is 9.68. The van der Waals surface area contributed by atoms with Crippen LogP contribution in [0.3, 0.4) is 0 Å². The van der Waals surface area contributed by atoms with Gasteiger partial charge in [0.25, 0.3) is 5.91 Å². The fraction of sp³-hybridized carbons (Fsp3) is 0.591. The zero-order valence-electron chi connectivity index (χ0n) is 16.6. The standard InChI is InChI=1S/C22H28N4O3/c27-19-4-3-18(20(28)25-19)26-11-15-2-1-14(9-17(15)21(26)29)10-24-16-5-7-22(8-6-16)12-23-13-22/h1-2,9,16,18,23-24H,3-8,10-13H2,(H,25,27,28). The molecule has 29 heavy (non-hydrogen) atoms. The molecule has 7 heteroatoms. The van der Waals surface area contributed by atoms with Crippen LogP contribution in [0, 0.1) is 5.41 Å². The molecule has 1 spiro atoms. The van der Waals surface area contributed by atoms with E-state index in [0.717, 1.165) is 17.7 Å². The first kappa shape index (κ1) is 18.8. The van der Waals surface area contributed by atoms with Crippen LogP contribution >= 0.6 is 0 Å². The Bertz CT molecular complexity index is 854. The molecule has 3 N–H and O–H groups in total. The highest BCUT2D eigenvalue weighted by molar-refractivity contribution is 6.05. The molecule has 5 rings (SSSR count). The van der Waals surface area contributed by atoms with Gasteiger partial charge in [-0.05, 0) is 54.7 Å². The second-order valence-electron chi connectivity index (χ2n) is 9.15. The Labute approximate surface area is 170 Å². The van der Waals surface area contributed by atoms with Crippen LogP contribution < -0.4 is 16.0 Å². The van der Waals surface area contributed by atoms with Crippen molar-refractivity contribution < 1.29 is 14.4 Å². The van der Waals surface area contributed by atoms with Gasteiger partial charge in [-0.2, -0.15) is 0 Å². The Morgan fingerprint density at radius 3 is 2.59 bits per heavy atom. The van der Waals surface area contributed by atoms with Gasteiger partial charge in [0.05, 0.1) is 0 Å². The molecule has 0 radical (unpaired) electrons. The van der Waals surface area contributed by atoms with Gasteiger partial charge in [-0.1, -0.05) is 12.1 Å². The van der Waals surface area contributed by atoms with Crippen molar-refractivity contribution >= 4 is 17.7 Å². The minimum absolute atomic E-state index is 0.103. The van der Waals surface area contributed by atoms with Gasteiger partial charge in [-0.3, -0.25) is 19.7 Å². The highest BCUT2D eigenvalue weighted by atomic mass is 16.2. The number of nitrogens with one attached hydrogen (secondary N) is 3. The molecule has 3 amide bonds. The molecular weight excluding hydrogens is 368 g/mol.